The molecule has 0 amide bonds. The highest BCUT2D eigenvalue weighted by Crippen LogP contribution is 2.39. The second-order valence-electron chi connectivity index (χ2n) is 13.3. The van der Waals surface area contributed by atoms with Crippen molar-refractivity contribution in [2.45, 2.75) is 69.0 Å². The van der Waals surface area contributed by atoms with Gasteiger partial charge in [-0.05, 0) is 109 Å². The molecular formula is C35H58N4O4. The summed E-state index contributed by atoms with van der Waals surface area (Å²) in [5, 5.41) is 41.5. The summed E-state index contributed by atoms with van der Waals surface area (Å²) in [5.41, 5.74) is 0.894. The smallest absolute Gasteiger partial charge is 0.115 e. The minimum absolute atomic E-state index is 0.0758. The van der Waals surface area contributed by atoms with Crippen molar-refractivity contribution in [2.75, 3.05) is 80.5 Å². The molecule has 2 heterocycles. The first-order valence-corrected chi connectivity index (χ1v) is 16.2. The van der Waals surface area contributed by atoms with Crippen LogP contribution in [0.25, 0.3) is 0 Å². The lowest BCUT2D eigenvalue weighted by Gasteiger charge is -2.44. The van der Waals surface area contributed by atoms with Gasteiger partial charge in [0, 0.05) is 51.1 Å². The fourth-order valence-electron chi connectivity index (χ4n) is 6.75. The Kier molecular flexibility index (Phi) is 13.3. The second-order valence-corrected chi connectivity index (χ2v) is 13.3. The van der Waals surface area contributed by atoms with E-state index < -0.39 is 11.2 Å². The summed E-state index contributed by atoms with van der Waals surface area (Å²) in [7, 11) is 8.17. The molecule has 2 aromatic carbocycles. The van der Waals surface area contributed by atoms with E-state index in [1.165, 1.54) is 0 Å². The van der Waals surface area contributed by atoms with Crippen LogP contribution in [0.3, 0.4) is 0 Å². The van der Waals surface area contributed by atoms with Crippen LogP contribution >= 0.6 is 0 Å². The summed E-state index contributed by atoms with van der Waals surface area (Å²) in [6.45, 7) is 12.0. The third-order valence-electron chi connectivity index (χ3n) is 9.41. The first-order chi connectivity index (χ1) is 20.4. The van der Waals surface area contributed by atoms with Crippen molar-refractivity contribution < 1.29 is 20.4 Å². The van der Waals surface area contributed by atoms with Gasteiger partial charge < -0.3 is 40.0 Å². The van der Waals surface area contributed by atoms with Gasteiger partial charge in [0.2, 0.25) is 0 Å². The first-order valence-electron chi connectivity index (χ1n) is 16.2. The van der Waals surface area contributed by atoms with E-state index in [0.717, 1.165) is 95.6 Å². The highest BCUT2D eigenvalue weighted by Gasteiger charge is 2.41. The third kappa shape index (κ3) is 10.2. The number of aromatic hydroxyl groups is 2. The maximum absolute atomic E-state index is 11.3. The summed E-state index contributed by atoms with van der Waals surface area (Å²) >= 11 is 0. The maximum atomic E-state index is 11.3. The van der Waals surface area contributed by atoms with Gasteiger partial charge in [0.1, 0.15) is 11.5 Å². The van der Waals surface area contributed by atoms with Gasteiger partial charge in [-0.3, -0.25) is 0 Å². The average molecular weight is 599 g/mol. The highest BCUT2D eigenvalue weighted by atomic mass is 16.3. The average Bonchev–Trinajstić information content (AvgIpc) is 2.98. The molecule has 242 valence electrons. The molecule has 8 heteroatoms. The van der Waals surface area contributed by atoms with Crippen LogP contribution < -0.4 is 0 Å². The van der Waals surface area contributed by atoms with Crippen LogP contribution in [0.1, 0.15) is 68.9 Å². The zero-order chi connectivity index (χ0) is 31.6. The Balaban J connectivity index is 0.000000236. The Morgan fingerprint density at radius 1 is 0.628 bits per heavy atom. The second kappa shape index (κ2) is 16.2. The molecule has 0 bridgehead atoms. The molecule has 0 spiro atoms. The Morgan fingerprint density at radius 2 is 0.977 bits per heavy atom. The van der Waals surface area contributed by atoms with E-state index in [1.807, 2.05) is 52.5 Å². The lowest BCUT2D eigenvalue weighted by Crippen LogP contribution is -2.50. The van der Waals surface area contributed by atoms with Gasteiger partial charge >= 0.3 is 0 Å². The Labute approximate surface area is 260 Å². The number of benzene rings is 2. The summed E-state index contributed by atoms with van der Waals surface area (Å²) < 4.78 is 0. The van der Waals surface area contributed by atoms with E-state index in [-0.39, 0.29) is 23.3 Å². The van der Waals surface area contributed by atoms with Crippen LogP contribution in [0.5, 0.6) is 11.5 Å². The summed E-state index contributed by atoms with van der Waals surface area (Å²) in [6, 6.07) is 14.6. The van der Waals surface area contributed by atoms with Crippen LogP contribution in [-0.4, -0.2) is 132 Å². The first kappa shape index (κ1) is 35.3. The number of nitrogens with zero attached hydrogens (tertiary/aromatic N) is 4. The lowest BCUT2D eigenvalue weighted by atomic mass is 9.75. The van der Waals surface area contributed by atoms with E-state index in [1.54, 1.807) is 24.3 Å². The fraction of sp³-hybridized carbons (Fsp3) is 0.657. The molecule has 2 fully saturated rings. The number of rotatable bonds is 11. The molecule has 0 saturated carbocycles. The summed E-state index contributed by atoms with van der Waals surface area (Å²) in [5.74, 6) is 0.700. The van der Waals surface area contributed by atoms with Gasteiger partial charge in [-0.15, -0.1) is 0 Å². The molecule has 0 aliphatic carbocycles. The molecular weight excluding hydrogens is 540 g/mol. The van der Waals surface area contributed by atoms with Crippen molar-refractivity contribution in [1.82, 2.24) is 19.6 Å². The molecule has 2 aliphatic heterocycles. The van der Waals surface area contributed by atoms with Gasteiger partial charge in [0.15, 0.2) is 0 Å². The minimum Gasteiger partial charge on any atom is -0.508 e. The number of hydrogen-bond acceptors (Lipinski definition) is 8. The van der Waals surface area contributed by atoms with E-state index in [0.29, 0.717) is 0 Å². The molecule has 4 rings (SSSR count). The largest absolute Gasteiger partial charge is 0.508 e. The number of piperidine rings is 2. The monoisotopic (exact) mass is 598 g/mol. The van der Waals surface area contributed by atoms with Crippen LogP contribution in [0.4, 0.5) is 0 Å². The predicted molar refractivity (Wildman–Crippen MR) is 176 cm³/mol. The van der Waals surface area contributed by atoms with Gasteiger partial charge in [0.05, 0.1) is 11.2 Å². The number of aliphatic hydroxyl groups is 2. The highest BCUT2D eigenvalue weighted by molar-refractivity contribution is 5.32. The van der Waals surface area contributed by atoms with E-state index >= 15 is 0 Å². The SMILES string of the molecule is CCCN1CCC(O)(C(CN(C)C)c2ccc(O)cc2)CC1.CCN1CCC(O)(C(CN(C)C)c2ccc(O)cc2)CC1. The Morgan fingerprint density at radius 3 is 1.28 bits per heavy atom. The fourth-order valence-corrected chi connectivity index (χ4v) is 6.75. The zero-order valence-electron chi connectivity index (χ0n) is 27.5. The van der Waals surface area contributed by atoms with Crippen molar-refractivity contribution >= 4 is 0 Å². The molecule has 2 unspecified atom stereocenters. The van der Waals surface area contributed by atoms with Crippen LogP contribution in [0.15, 0.2) is 48.5 Å². The van der Waals surface area contributed by atoms with Crippen LogP contribution in [0, 0.1) is 0 Å². The molecule has 0 radical (unpaired) electrons. The molecule has 2 atom stereocenters. The van der Waals surface area contributed by atoms with Crippen LogP contribution in [0.2, 0.25) is 0 Å². The quantitative estimate of drug-likeness (QED) is 0.307. The van der Waals surface area contributed by atoms with Gasteiger partial charge in [-0.25, -0.2) is 0 Å². The van der Waals surface area contributed by atoms with E-state index in [2.05, 4.69) is 33.4 Å². The van der Waals surface area contributed by atoms with Crippen molar-refractivity contribution in [1.29, 1.82) is 0 Å². The minimum atomic E-state index is -0.661. The number of hydrogen-bond donors (Lipinski definition) is 4. The van der Waals surface area contributed by atoms with E-state index in [4.69, 9.17) is 0 Å². The molecule has 4 N–H and O–H groups in total. The Bertz CT molecular complexity index is 1060. The third-order valence-corrected chi connectivity index (χ3v) is 9.41. The summed E-state index contributed by atoms with van der Waals surface area (Å²) in [6.07, 6.45) is 4.40. The molecule has 0 aromatic heterocycles. The topological polar surface area (TPSA) is 93.9 Å². The predicted octanol–water partition coefficient (Wildman–Crippen LogP) is 4.16. The zero-order valence-corrected chi connectivity index (χ0v) is 27.5. The van der Waals surface area contributed by atoms with Crippen LogP contribution in [-0.2, 0) is 0 Å². The number of likely N-dealkylation sites (N-methyl/N-ethyl adjacent to an activating group) is 2. The maximum Gasteiger partial charge on any atom is 0.115 e. The number of phenols is 2. The Hall–Kier alpha value is -2.20. The number of phenolic OH excluding ortho intramolecular Hbond substituents is 2. The molecule has 2 aromatic rings. The van der Waals surface area contributed by atoms with Gasteiger partial charge in [-0.2, -0.15) is 0 Å². The van der Waals surface area contributed by atoms with E-state index in [9.17, 15) is 20.4 Å². The van der Waals surface area contributed by atoms with Gasteiger partial charge in [-0.1, -0.05) is 38.1 Å². The van der Waals surface area contributed by atoms with Crippen molar-refractivity contribution in [2.24, 2.45) is 0 Å². The normalized spacial score (nSPS) is 20.4. The molecule has 2 saturated heterocycles. The molecule has 43 heavy (non-hydrogen) atoms. The summed E-state index contributed by atoms with van der Waals surface area (Å²) in [4.78, 5) is 9.09. The molecule has 8 nitrogen and oxygen atoms in total. The lowest BCUT2D eigenvalue weighted by molar-refractivity contribution is -0.0478. The van der Waals surface area contributed by atoms with Crippen molar-refractivity contribution in [3.63, 3.8) is 0 Å². The van der Waals surface area contributed by atoms with Gasteiger partial charge in [0.25, 0.3) is 0 Å². The standard InChI is InChI=1S/C18H30N2O2.C17H28N2O2/c1-4-11-20-12-9-18(22,10-13-20)17(14-19(2)3)15-5-7-16(21)8-6-15;1-4-19-11-9-17(21,10-12-19)16(13-18(2)3)14-5-7-15(20)8-6-14/h5-8,17,21-22H,4,9-14H2,1-3H3;5-8,16,20-21H,4,9-13H2,1-3H3. The van der Waals surface area contributed by atoms with Crippen molar-refractivity contribution in [3.8, 4) is 11.5 Å². The number of likely N-dealkylation sites (tertiary alicyclic amines) is 2. The molecule has 2 aliphatic rings. The van der Waals surface area contributed by atoms with Crippen molar-refractivity contribution in [3.05, 3.63) is 59.7 Å².